The Morgan fingerprint density at radius 1 is 1.41 bits per heavy atom. The molecule has 0 radical (unpaired) electrons. The van der Waals surface area contributed by atoms with Gasteiger partial charge in [0.05, 0.1) is 17.4 Å². The zero-order valence-electron chi connectivity index (χ0n) is 11.9. The minimum absolute atomic E-state index is 0.183. The molecular weight excluding hydrogens is 299 g/mol. The van der Waals surface area contributed by atoms with Gasteiger partial charge in [0, 0.05) is 26.5 Å². The van der Waals surface area contributed by atoms with Crippen LogP contribution < -0.4 is 10.2 Å². The fraction of sp³-hybridized carbons (Fsp3) is 0.308. The van der Waals surface area contributed by atoms with Gasteiger partial charge in [0.25, 0.3) is 5.91 Å². The van der Waals surface area contributed by atoms with Crippen LogP contribution in [0.4, 0.5) is 24.7 Å². The lowest BCUT2D eigenvalue weighted by molar-refractivity contribution is -0.142. The number of pyridine rings is 1. The van der Waals surface area contributed by atoms with Crippen molar-refractivity contribution in [1.82, 2.24) is 14.8 Å². The number of carbonyl (C=O) groups is 1. The van der Waals surface area contributed by atoms with Gasteiger partial charge in [-0.2, -0.15) is 18.3 Å². The number of rotatable bonds is 4. The summed E-state index contributed by atoms with van der Waals surface area (Å²) in [6.07, 6.45) is -0.533. The van der Waals surface area contributed by atoms with Crippen molar-refractivity contribution < 1.29 is 18.0 Å². The SMILES string of the molecule is CN(C)c1ncccc1C(=O)Nc1cnn(CC(F)(F)F)c1. The molecule has 2 aromatic heterocycles. The molecule has 0 aromatic carbocycles. The van der Waals surface area contributed by atoms with Crippen molar-refractivity contribution in [3.05, 3.63) is 36.3 Å². The Morgan fingerprint density at radius 2 is 2.14 bits per heavy atom. The summed E-state index contributed by atoms with van der Waals surface area (Å²) in [6.45, 7) is -1.21. The molecule has 1 N–H and O–H groups in total. The molecule has 2 aromatic rings. The van der Waals surface area contributed by atoms with Crippen LogP contribution in [0, 0.1) is 0 Å². The fourth-order valence-corrected chi connectivity index (χ4v) is 1.83. The number of alkyl halides is 3. The summed E-state index contributed by atoms with van der Waals surface area (Å²) in [5.41, 5.74) is 0.499. The van der Waals surface area contributed by atoms with E-state index in [2.05, 4.69) is 15.4 Å². The molecule has 0 unspecified atom stereocenters. The van der Waals surface area contributed by atoms with Gasteiger partial charge in [-0.25, -0.2) is 4.98 Å². The van der Waals surface area contributed by atoms with Crippen LogP contribution in [0.2, 0.25) is 0 Å². The summed E-state index contributed by atoms with van der Waals surface area (Å²) >= 11 is 0. The smallest absolute Gasteiger partial charge is 0.362 e. The predicted molar refractivity (Wildman–Crippen MR) is 74.8 cm³/mol. The van der Waals surface area contributed by atoms with Gasteiger partial charge in [-0.05, 0) is 12.1 Å². The van der Waals surface area contributed by atoms with Crippen molar-refractivity contribution in [1.29, 1.82) is 0 Å². The van der Waals surface area contributed by atoms with E-state index in [9.17, 15) is 18.0 Å². The van der Waals surface area contributed by atoms with Crippen LogP contribution in [0.15, 0.2) is 30.7 Å². The molecule has 2 heterocycles. The van der Waals surface area contributed by atoms with Gasteiger partial charge < -0.3 is 10.2 Å². The van der Waals surface area contributed by atoms with E-state index < -0.39 is 18.6 Å². The summed E-state index contributed by atoms with van der Waals surface area (Å²) in [5.74, 6) is -0.00829. The molecule has 0 saturated carbocycles. The number of amides is 1. The average Bonchev–Trinajstić information content (AvgIpc) is 2.83. The Morgan fingerprint density at radius 3 is 2.77 bits per heavy atom. The van der Waals surface area contributed by atoms with Crippen molar-refractivity contribution in [2.75, 3.05) is 24.3 Å². The van der Waals surface area contributed by atoms with E-state index in [-0.39, 0.29) is 5.69 Å². The summed E-state index contributed by atoms with van der Waals surface area (Å²) in [4.78, 5) is 18.0. The summed E-state index contributed by atoms with van der Waals surface area (Å²) in [5, 5.41) is 6.07. The van der Waals surface area contributed by atoms with Gasteiger partial charge in [-0.15, -0.1) is 0 Å². The highest BCUT2D eigenvalue weighted by molar-refractivity contribution is 6.07. The first kappa shape index (κ1) is 15.8. The number of aromatic nitrogens is 3. The number of anilines is 2. The molecule has 2 rings (SSSR count). The first-order valence-electron chi connectivity index (χ1n) is 6.29. The minimum atomic E-state index is -4.37. The third kappa shape index (κ3) is 3.96. The number of nitrogens with zero attached hydrogens (tertiary/aromatic N) is 4. The summed E-state index contributed by atoms with van der Waals surface area (Å²) in [7, 11) is 3.47. The molecule has 118 valence electrons. The van der Waals surface area contributed by atoms with E-state index in [1.54, 1.807) is 37.3 Å². The van der Waals surface area contributed by atoms with Gasteiger partial charge in [-0.1, -0.05) is 0 Å². The highest BCUT2D eigenvalue weighted by Crippen LogP contribution is 2.19. The lowest BCUT2D eigenvalue weighted by Gasteiger charge is -2.14. The van der Waals surface area contributed by atoms with E-state index in [4.69, 9.17) is 0 Å². The predicted octanol–water partition coefficient (Wildman–Crippen LogP) is 2.16. The fourth-order valence-electron chi connectivity index (χ4n) is 1.83. The molecule has 0 bridgehead atoms. The largest absolute Gasteiger partial charge is 0.408 e. The Labute approximate surface area is 124 Å². The molecule has 0 saturated heterocycles. The third-order valence-electron chi connectivity index (χ3n) is 2.69. The van der Waals surface area contributed by atoms with Crippen molar-refractivity contribution in [2.45, 2.75) is 12.7 Å². The van der Waals surface area contributed by atoms with E-state index >= 15 is 0 Å². The Kier molecular flexibility index (Phi) is 4.34. The molecule has 0 aliphatic heterocycles. The van der Waals surface area contributed by atoms with Crippen molar-refractivity contribution in [3.63, 3.8) is 0 Å². The molecule has 0 aliphatic carbocycles. The van der Waals surface area contributed by atoms with E-state index in [1.165, 1.54) is 0 Å². The number of carbonyl (C=O) groups excluding carboxylic acids is 1. The van der Waals surface area contributed by atoms with E-state index in [0.29, 0.717) is 16.1 Å². The summed E-state index contributed by atoms with van der Waals surface area (Å²) in [6, 6.07) is 3.19. The van der Waals surface area contributed by atoms with Gasteiger partial charge >= 0.3 is 6.18 Å². The number of hydrogen-bond acceptors (Lipinski definition) is 4. The first-order chi connectivity index (χ1) is 10.3. The maximum atomic E-state index is 12.3. The van der Waals surface area contributed by atoms with Gasteiger partial charge in [0.1, 0.15) is 12.4 Å². The van der Waals surface area contributed by atoms with Crippen LogP contribution in [-0.4, -0.2) is 40.9 Å². The molecule has 0 atom stereocenters. The van der Waals surface area contributed by atoms with Crippen LogP contribution in [0.25, 0.3) is 0 Å². The molecule has 22 heavy (non-hydrogen) atoms. The third-order valence-corrected chi connectivity index (χ3v) is 2.69. The molecule has 0 fully saturated rings. The van der Waals surface area contributed by atoms with Crippen LogP contribution in [0.5, 0.6) is 0 Å². The second-order valence-electron chi connectivity index (χ2n) is 4.76. The molecule has 0 aliphatic rings. The van der Waals surface area contributed by atoms with Crippen molar-refractivity contribution >= 4 is 17.4 Å². The Bertz CT molecular complexity index is 666. The normalized spacial score (nSPS) is 11.3. The highest BCUT2D eigenvalue weighted by atomic mass is 19.4. The minimum Gasteiger partial charge on any atom is -0.362 e. The maximum absolute atomic E-state index is 12.3. The molecular formula is C13H14F3N5O. The summed E-state index contributed by atoms with van der Waals surface area (Å²) < 4.78 is 37.5. The van der Waals surface area contributed by atoms with Crippen LogP contribution in [0.1, 0.15) is 10.4 Å². The van der Waals surface area contributed by atoms with Crippen molar-refractivity contribution in [2.24, 2.45) is 0 Å². The quantitative estimate of drug-likeness (QED) is 0.939. The molecule has 0 spiro atoms. The van der Waals surface area contributed by atoms with Gasteiger partial charge in [0.15, 0.2) is 0 Å². The Balaban J connectivity index is 2.13. The van der Waals surface area contributed by atoms with Crippen LogP contribution >= 0.6 is 0 Å². The molecule has 6 nitrogen and oxygen atoms in total. The molecule has 1 amide bonds. The second kappa shape index (κ2) is 6.04. The number of halogens is 3. The van der Waals surface area contributed by atoms with Gasteiger partial charge in [0.2, 0.25) is 0 Å². The van der Waals surface area contributed by atoms with Crippen molar-refractivity contribution in [3.8, 4) is 0 Å². The second-order valence-corrected chi connectivity index (χ2v) is 4.76. The van der Waals surface area contributed by atoms with E-state index in [0.717, 1.165) is 12.4 Å². The number of hydrogen-bond donors (Lipinski definition) is 1. The van der Waals surface area contributed by atoms with Crippen LogP contribution in [-0.2, 0) is 6.54 Å². The van der Waals surface area contributed by atoms with E-state index in [1.807, 2.05) is 0 Å². The Hall–Kier alpha value is -2.58. The standard InChI is InChI=1S/C13H14F3N5O/c1-20(2)11-10(4-3-5-17-11)12(22)19-9-6-18-21(7-9)8-13(14,15)16/h3-7H,8H2,1-2H3,(H,19,22). The first-order valence-corrected chi connectivity index (χ1v) is 6.29. The zero-order chi connectivity index (χ0) is 16.3. The average molecular weight is 313 g/mol. The van der Waals surface area contributed by atoms with Gasteiger partial charge in [-0.3, -0.25) is 9.48 Å². The number of nitrogens with one attached hydrogen (secondary N) is 1. The topological polar surface area (TPSA) is 63.1 Å². The van der Waals surface area contributed by atoms with Crippen LogP contribution in [0.3, 0.4) is 0 Å². The lowest BCUT2D eigenvalue weighted by atomic mass is 10.2. The maximum Gasteiger partial charge on any atom is 0.408 e. The zero-order valence-corrected chi connectivity index (χ0v) is 11.9. The monoisotopic (exact) mass is 313 g/mol. The molecule has 9 heteroatoms. The lowest BCUT2D eigenvalue weighted by Crippen LogP contribution is -2.19. The highest BCUT2D eigenvalue weighted by Gasteiger charge is 2.28.